The van der Waals surface area contributed by atoms with E-state index in [-0.39, 0.29) is 6.10 Å². The van der Waals surface area contributed by atoms with Crippen LogP contribution >= 0.6 is 0 Å². The van der Waals surface area contributed by atoms with E-state index in [0.29, 0.717) is 0 Å². The quantitative estimate of drug-likeness (QED) is 0.152. The molecule has 24 heavy (non-hydrogen) atoms. The Kier molecular flexibility index (Phi) is 16.5. The minimum Gasteiger partial charge on any atom is -0.393 e. The van der Waals surface area contributed by atoms with E-state index >= 15 is 0 Å². The van der Waals surface area contributed by atoms with Gasteiger partial charge in [0, 0.05) is 6.08 Å². The van der Waals surface area contributed by atoms with Crippen molar-refractivity contribution in [1.82, 2.24) is 0 Å². The first-order chi connectivity index (χ1) is 11.7. The lowest BCUT2D eigenvalue weighted by Gasteiger charge is -2.08. The fourth-order valence-corrected chi connectivity index (χ4v) is 2.19. The van der Waals surface area contributed by atoms with Gasteiger partial charge in [-0.05, 0) is 19.3 Å². The molecule has 136 valence electrons. The van der Waals surface area contributed by atoms with Gasteiger partial charge in [-0.2, -0.15) is 5.26 Å². The van der Waals surface area contributed by atoms with E-state index < -0.39 is 5.97 Å². The van der Waals surface area contributed by atoms with Crippen LogP contribution in [0, 0.1) is 0 Å². The molecule has 0 aliphatic carbocycles. The lowest BCUT2D eigenvalue weighted by atomic mass is 10.0. The second-order valence-corrected chi connectivity index (χ2v) is 5.76. The van der Waals surface area contributed by atoms with Gasteiger partial charge in [-0.3, -0.25) is 4.89 Å². The van der Waals surface area contributed by atoms with Gasteiger partial charge < -0.3 is 5.11 Å². The Labute approximate surface area is 146 Å². The van der Waals surface area contributed by atoms with Gasteiger partial charge in [0.15, 0.2) is 0 Å². The van der Waals surface area contributed by atoms with Crippen LogP contribution < -0.4 is 0 Å². The Balaban J connectivity index is 3.59. The highest BCUT2D eigenvalue weighted by atomic mass is 17.1. The second-order valence-electron chi connectivity index (χ2n) is 5.76. The van der Waals surface area contributed by atoms with E-state index in [0.717, 1.165) is 31.8 Å². The summed E-state index contributed by atoms with van der Waals surface area (Å²) in [6.45, 7) is 2.22. The minimum atomic E-state index is -0.803. The number of carbonyl (C=O) groups is 1. The summed E-state index contributed by atoms with van der Waals surface area (Å²) in [6, 6.07) is 0. The molecule has 0 rings (SSSR count). The van der Waals surface area contributed by atoms with E-state index in [1.54, 1.807) is 12.2 Å². The molecular formula is C20H32O4. The van der Waals surface area contributed by atoms with Crippen molar-refractivity contribution >= 4 is 5.97 Å². The van der Waals surface area contributed by atoms with E-state index in [1.165, 1.54) is 38.2 Å². The molecule has 0 heterocycles. The lowest BCUT2D eigenvalue weighted by molar-refractivity contribution is -0.228. The van der Waals surface area contributed by atoms with Crippen molar-refractivity contribution in [2.45, 2.75) is 70.8 Å². The molecule has 4 nitrogen and oxygen atoms in total. The molecule has 0 aromatic rings. The predicted octanol–water partition coefficient (Wildman–Crippen LogP) is 5.12. The van der Waals surface area contributed by atoms with Crippen LogP contribution in [-0.2, 0) is 9.68 Å². The van der Waals surface area contributed by atoms with Crippen LogP contribution in [0.4, 0.5) is 0 Å². The zero-order valence-electron chi connectivity index (χ0n) is 14.8. The third-order valence-corrected chi connectivity index (χ3v) is 3.57. The van der Waals surface area contributed by atoms with Crippen LogP contribution in [0.3, 0.4) is 0 Å². The van der Waals surface area contributed by atoms with Gasteiger partial charge in [0.05, 0.1) is 6.10 Å². The standard InChI is InChI=1S/C20H32O4/c1-2-3-4-5-10-13-16-19(21)17-14-11-8-6-7-9-12-15-18-20(22)24-23/h6-9,11-12,15,18-19,21,23H,2-5,10,13-14,16-17H2,1H3/t19-/m0/s1. The minimum absolute atomic E-state index is 0.193. The van der Waals surface area contributed by atoms with Crippen LogP contribution in [0.25, 0.3) is 0 Å². The summed E-state index contributed by atoms with van der Waals surface area (Å²) >= 11 is 0. The van der Waals surface area contributed by atoms with Crippen LogP contribution in [0.2, 0.25) is 0 Å². The number of hydrogen-bond donors (Lipinski definition) is 2. The summed E-state index contributed by atoms with van der Waals surface area (Å²) in [7, 11) is 0. The largest absolute Gasteiger partial charge is 0.393 e. The van der Waals surface area contributed by atoms with E-state index in [9.17, 15) is 9.90 Å². The Morgan fingerprint density at radius 3 is 2.25 bits per heavy atom. The maximum atomic E-state index is 10.6. The SMILES string of the molecule is CCCCCCCC[C@H](O)CCC=CC=CC=CC=CC(=O)OO. The summed E-state index contributed by atoms with van der Waals surface area (Å²) in [4.78, 5) is 14.0. The summed E-state index contributed by atoms with van der Waals surface area (Å²) in [5.41, 5.74) is 0. The van der Waals surface area contributed by atoms with E-state index in [1.807, 2.05) is 24.3 Å². The number of carbonyl (C=O) groups excluding carboxylic acids is 1. The maximum Gasteiger partial charge on any atom is 0.365 e. The topological polar surface area (TPSA) is 66.8 Å². The zero-order valence-corrected chi connectivity index (χ0v) is 14.8. The van der Waals surface area contributed by atoms with Crippen LogP contribution in [0.1, 0.15) is 64.7 Å². The van der Waals surface area contributed by atoms with Crippen LogP contribution in [-0.4, -0.2) is 22.4 Å². The Morgan fingerprint density at radius 2 is 1.54 bits per heavy atom. The predicted molar refractivity (Wildman–Crippen MR) is 98.5 cm³/mol. The second kappa shape index (κ2) is 17.7. The zero-order chi connectivity index (χ0) is 17.9. The number of hydrogen-bond acceptors (Lipinski definition) is 4. The number of aliphatic hydroxyl groups excluding tert-OH is 1. The number of allylic oxidation sites excluding steroid dienone is 7. The first-order valence-electron chi connectivity index (χ1n) is 8.90. The monoisotopic (exact) mass is 336 g/mol. The van der Waals surface area contributed by atoms with Gasteiger partial charge in [-0.15, -0.1) is 0 Å². The summed E-state index contributed by atoms with van der Waals surface area (Å²) in [6.07, 6.45) is 23.6. The molecule has 0 fully saturated rings. The molecule has 0 aromatic heterocycles. The van der Waals surface area contributed by atoms with Gasteiger partial charge in [-0.25, -0.2) is 4.79 Å². The molecule has 1 atom stereocenters. The van der Waals surface area contributed by atoms with Crippen LogP contribution in [0.5, 0.6) is 0 Å². The molecule has 0 amide bonds. The Hall–Kier alpha value is -1.65. The first kappa shape index (κ1) is 22.4. The fraction of sp³-hybridized carbons (Fsp3) is 0.550. The molecule has 0 aliphatic rings. The molecule has 0 saturated heterocycles. The average Bonchev–Trinajstić information content (AvgIpc) is 2.59. The smallest absolute Gasteiger partial charge is 0.365 e. The molecular weight excluding hydrogens is 304 g/mol. The van der Waals surface area contributed by atoms with Crippen molar-refractivity contribution in [1.29, 1.82) is 0 Å². The van der Waals surface area contributed by atoms with Crippen molar-refractivity contribution < 1.29 is 20.0 Å². The third kappa shape index (κ3) is 16.7. The summed E-state index contributed by atoms with van der Waals surface area (Å²) in [5.74, 6) is -0.803. The van der Waals surface area contributed by atoms with Gasteiger partial charge in [0.2, 0.25) is 0 Å². The maximum absolute atomic E-state index is 10.6. The van der Waals surface area contributed by atoms with Crippen LogP contribution in [0.15, 0.2) is 48.6 Å². The summed E-state index contributed by atoms with van der Waals surface area (Å²) in [5, 5.41) is 17.9. The number of unbranched alkanes of at least 4 members (excludes halogenated alkanes) is 5. The molecule has 0 spiro atoms. The molecule has 0 bridgehead atoms. The first-order valence-corrected chi connectivity index (χ1v) is 8.90. The Morgan fingerprint density at radius 1 is 0.917 bits per heavy atom. The normalized spacial score (nSPS) is 13.6. The molecule has 0 aliphatic heterocycles. The summed E-state index contributed by atoms with van der Waals surface area (Å²) < 4.78 is 0. The van der Waals surface area contributed by atoms with Crippen molar-refractivity contribution in [3.05, 3.63) is 48.6 Å². The fourth-order valence-electron chi connectivity index (χ4n) is 2.19. The number of aliphatic hydroxyl groups is 1. The highest BCUT2D eigenvalue weighted by molar-refractivity contribution is 5.81. The van der Waals surface area contributed by atoms with Gasteiger partial charge in [0.25, 0.3) is 0 Å². The molecule has 0 aromatic carbocycles. The molecule has 4 heteroatoms. The molecule has 0 unspecified atom stereocenters. The molecule has 0 saturated carbocycles. The van der Waals surface area contributed by atoms with E-state index in [4.69, 9.17) is 5.26 Å². The lowest BCUT2D eigenvalue weighted by Crippen LogP contribution is -2.05. The van der Waals surface area contributed by atoms with Gasteiger partial charge in [0.1, 0.15) is 0 Å². The third-order valence-electron chi connectivity index (χ3n) is 3.57. The Bertz CT molecular complexity index is 408. The van der Waals surface area contributed by atoms with Crippen molar-refractivity contribution in [2.24, 2.45) is 0 Å². The highest BCUT2D eigenvalue weighted by Gasteiger charge is 2.01. The molecule has 2 N–H and O–H groups in total. The van der Waals surface area contributed by atoms with Gasteiger partial charge >= 0.3 is 5.97 Å². The highest BCUT2D eigenvalue weighted by Crippen LogP contribution is 2.11. The van der Waals surface area contributed by atoms with E-state index in [2.05, 4.69) is 11.8 Å². The van der Waals surface area contributed by atoms with Gasteiger partial charge in [-0.1, -0.05) is 88.0 Å². The number of rotatable bonds is 14. The molecule has 0 radical (unpaired) electrons. The van der Waals surface area contributed by atoms with Crippen molar-refractivity contribution in [3.63, 3.8) is 0 Å². The van der Waals surface area contributed by atoms with Crippen molar-refractivity contribution in [3.8, 4) is 0 Å². The van der Waals surface area contributed by atoms with Crippen molar-refractivity contribution in [2.75, 3.05) is 0 Å². The average molecular weight is 336 g/mol.